The first-order valence-electron chi connectivity index (χ1n) is 9.56. The molecule has 0 saturated carbocycles. The molecule has 0 radical (unpaired) electrons. The van der Waals surface area contributed by atoms with Gasteiger partial charge in [-0.15, -0.1) is 0 Å². The fourth-order valence-corrected chi connectivity index (χ4v) is 3.77. The van der Waals surface area contributed by atoms with Crippen LogP contribution in [0.2, 0.25) is 5.02 Å². The lowest BCUT2D eigenvalue weighted by Gasteiger charge is -2.29. The average Bonchev–Trinajstić information content (AvgIpc) is 2.70. The van der Waals surface area contributed by atoms with Crippen molar-refractivity contribution in [3.63, 3.8) is 0 Å². The van der Waals surface area contributed by atoms with Crippen LogP contribution in [-0.4, -0.2) is 50.7 Å². The molecule has 0 fully saturated rings. The number of benzene rings is 2. The third-order valence-electron chi connectivity index (χ3n) is 4.99. The fraction of sp³-hybridized carbons (Fsp3) is 0.429. The molecule has 2 aromatic rings. The van der Waals surface area contributed by atoms with Crippen molar-refractivity contribution in [2.45, 2.75) is 18.9 Å². The SMILES string of the molecule is COc1cc2c(cc1OCCCN(C)C)C(c1cc([N+](=O)[O-])ccc1Cl)NCC2. The van der Waals surface area contributed by atoms with E-state index in [1.54, 1.807) is 13.2 Å². The van der Waals surface area contributed by atoms with Crippen molar-refractivity contribution < 1.29 is 14.4 Å². The van der Waals surface area contributed by atoms with E-state index in [2.05, 4.69) is 10.2 Å². The number of nitrogens with one attached hydrogen (secondary N) is 1. The molecular weight excluding hydrogens is 394 g/mol. The molecule has 0 bridgehead atoms. The van der Waals surface area contributed by atoms with Gasteiger partial charge in [-0.2, -0.15) is 0 Å². The molecule has 0 aliphatic carbocycles. The van der Waals surface area contributed by atoms with E-state index in [0.717, 1.165) is 37.1 Å². The molecule has 1 atom stereocenters. The first-order valence-corrected chi connectivity index (χ1v) is 9.94. The molecule has 156 valence electrons. The number of fused-ring (bicyclic) bond motifs is 1. The smallest absolute Gasteiger partial charge is 0.269 e. The van der Waals surface area contributed by atoms with E-state index in [1.165, 1.54) is 12.1 Å². The van der Waals surface area contributed by atoms with E-state index in [9.17, 15) is 10.1 Å². The van der Waals surface area contributed by atoms with Gasteiger partial charge in [-0.25, -0.2) is 0 Å². The molecule has 0 aromatic heterocycles. The van der Waals surface area contributed by atoms with Crippen molar-refractivity contribution in [3.05, 3.63) is 62.2 Å². The maximum atomic E-state index is 11.2. The first-order chi connectivity index (χ1) is 13.9. The molecule has 8 heteroatoms. The number of hydrogen-bond donors (Lipinski definition) is 1. The fourth-order valence-electron chi connectivity index (χ4n) is 3.54. The summed E-state index contributed by atoms with van der Waals surface area (Å²) in [5, 5.41) is 15.2. The van der Waals surface area contributed by atoms with Crippen LogP contribution in [0.4, 0.5) is 5.69 Å². The summed E-state index contributed by atoms with van der Waals surface area (Å²) in [6.07, 6.45) is 1.72. The molecule has 1 aliphatic heterocycles. The van der Waals surface area contributed by atoms with Gasteiger partial charge in [0.2, 0.25) is 0 Å². The van der Waals surface area contributed by atoms with E-state index >= 15 is 0 Å². The van der Waals surface area contributed by atoms with Crippen LogP contribution in [-0.2, 0) is 6.42 Å². The van der Waals surface area contributed by atoms with Gasteiger partial charge in [0.15, 0.2) is 11.5 Å². The van der Waals surface area contributed by atoms with Crippen molar-refractivity contribution in [2.75, 3.05) is 40.9 Å². The minimum absolute atomic E-state index is 0.0204. The lowest BCUT2D eigenvalue weighted by molar-refractivity contribution is -0.384. The third-order valence-corrected chi connectivity index (χ3v) is 5.33. The normalized spacial score (nSPS) is 15.8. The van der Waals surface area contributed by atoms with Crippen molar-refractivity contribution in [1.82, 2.24) is 10.2 Å². The van der Waals surface area contributed by atoms with E-state index in [-0.39, 0.29) is 11.7 Å². The number of halogens is 1. The highest BCUT2D eigenvalue weighted by molar-refractivity contribution is 6.31. The lowest BCUT2D eigenvalue weighted by atomic mass is 9.89. The van der Waals surface area contributed by atoms with Gasteiger partial charge < -0.3 is 19.7 Å². The van der Waals surface area contributed by atoms with Gasteiger partial charge in [0.1, 0.15) is 0 Å². The molecule has 1 aliphatic rings. The molecule has 3 rings (SSSR count). The third kappa shape index (κ3) is 4.98. The Kier molecular flexibility index (Phi) is 6.95. The quantitative estimate of drug-likeness (QED) is 0.398. The molecular formula is C21H26ClN3O4. The molecule has 2 aromatic carbocycles. The molecule has 1 heterocycles. The van der Waals surface area contributed by atoms with Gasteiger partial charge in [0, 0.05) is 30.2 Å². The van der Waals surface area contributed by atoms with Crippen molar-refractivity contribution in [2.24, 2.45) is 0 Å². The number of nitro groups is 1. The summed E-state index contributed by atoms with van der Waals surface area (Å²) >= 11 is 6.41. The van der Waals surface area contributed by atoms with Gasteiger partial charge in [-0.05, 0) is 61.8 Å². The molecule has 0 saturated heterocycles. The largest absolute Gasteiger partial charge is 0.493 e. The van der Waals surface area contributed by atoms with Crippen LogP contribution < -0.4 is 14.8 Å². The zero-order valence-electron chi connectivity index (χ0n) is 16.9. The van der Waals surface area contributed by atoms with E-state index in [1.807, 2.05) is 26.2 Å². The molecule has 29 heavy (non-hydrogen) atoms. The van der Waals surface area contributed by atoms with Crippen LogP contribution in [0.3, 0.4) is 0 Å². The van der Waals surface area contributed by atoms with Crippen LogP contribution in [0.25, 0.3) is 0 Å². The lowest BCUT2D eigenvalue weighted by Crippen LogP contribution is -2.31. The van der Waals surface area contributed by atoms with Crippen LogP contribution in [0.5, 0.6) is 11.5 Å². The van der Waals surface area contributed by atoms with Crippen LogP contribution in [0, 0.1) is 10.1 Å². The van der Waals surface area contributed by atoms with E-state index in [0.29, 0.717) is 28.7 Å². The highest BCUT2D eigenvalue weighted by atomic mass is 35.5. The van der Waals surface area contributed by atoms with Crippen molar-refractivity contribution in [3.8, 4) is 11.5 Å². The zero-order chi connectivity index (χ0) is 21.0. The molecule has 0 spiro atoms. The number of ether oxygens (including phenoxy) is 2. The van der Waals surface area contributed by atoms with Gasteiger partial charge in [0.05, 0.1) is 24.7 Å². The second-order valence-corrected chi connectivity index (χ2v) is 7.71. The number of nitrogens with zero attached hydrogens (tertiary/aromatic N) is 2. The zero-order valence-corrected chi connectivity index (χ0v) is 17.7. The highest BCUT2D eigenvalue weighted by Crippen LogP contribution is 2.40. The molecule has 1 unspecified atom stereocenters. The summed E-state index contributed by atoms with van der Waals surface area (Å²) in [5.41, 5.74) is 2.83. The number of rotatable bonds is 8. The Morgan fingerprint density at radius 3 is 2.72 bits per heavy atom. The summed E-state index contributed by atoms with van der Waals surface area (Å²) in [6.45, 7) is 2.24. The number of hydrogen-bond acceptors (Lipinski definition) is 6. The monoisotopic (exact) mass is 419 g/mol. The van der Waals surface area contributed by atoms with Crippen LogP contribution in [0.1, 0.15) is 29.2 Å². The Labute approximate surface area is 175 Å². The standard InChI is InChI=1S/C21H26ClN3O4/c1-24(2)9-4-10-29-20-13-16-14(11-19(20)28-3)7-8-23-21(16)17-12-15(25(26)27)5-6-18(17)22/h5-6,11-13,21,23H,4,7-10H2,1-3H3. The Balaban J connectivity index is 1.94. The Morgan fingerprint density at radius 2 is 2.03 bits per heavy atom. The predicted octanol–water partition coefficient (Wildman–Crippen LogP) is 3.82. The van der Waals surface area contributed by atoms with Crippen molar-refractivity contribution in [1.29, 1.82) is 0 Å². The summed E-state index contributed by atoms with van der Waals surface area (Å²) in [7, 11) is 5.68. The number of nitro benzene ring substituents is 1. The second-order valence-electron chi connectivity index (χ2n) is 7.31. The Hall–Kier alpha value is -2.35. The van der Waals surface area contributed by atoms with Gasteiger partial charge in [0.25, 0.3) is 5.69 Å². The maximum absolute atomic E-state index is 11.2. The molecule has 0 amide bonds. The topological polar surface area (TPSA) is 76.9 Å². The van der Waals surface area contributed by atoms with Gasteiger partial charge in [-0.3, -0.25) is 10.1 Å². The molecule has 1 N–H and O–H groups in total. The Morgan fingerprint density at radius 1 is 1.24 bits per heavy atom. The summed E-state index contributed by atoms with van der Waals surface area (Å²) in [4.78, 5) is 12.9. The minimum atomic E-state index is -0.406. The average molecular weight is 420 g/mol. The predicted molar refractivity (Wildman–Crippen MR) is 113 cm³/mol. The van der Waals surface area contributed by atoms with Gasteiger partial charge in [-0.1, -0.05) is 11.6 Å². The molecule has 7 nitrogen and oxygen atoms in total. The minimum Gasteiger partial charge on any atom is -0.493 e. The first kappa shape index (κ1) is 21.4. The maximum Gasteiger partial charge on any atom is 0.269 e. The second kappa shape index (κ2) is 9.43. The van der Waals surface area contributed by atoms with Gasteiger partial charge >= 0.3 is 0 Å². The summed E-state index contributed by atoms with van der Waals surface area (Å²) < 4.78 is 11.5. The van der Waals surface area contributed by atoms with Crippen LogP contribution in [0.15, 0.2) is 30.3 Å². The summed E-state index contributed by atoms with van der Waals surface area (Å²) in [5.74, 6) is 1.36. The Bertz CT molecular complexity index is 888. The van der Waals surface area contributed by atoms with Crippen LogP contribution >= 0.6 is 11.6 Å². The number of non-ortho nitro benzene ring substituents is 1. The number of methoxy groups -OCH3 is 1. The van der Waals surface area contributed by atoms with Crippen molar-refractivity contribution >= 4 is 17.3 Å². The highest BCUT2D eigenvalue weighted by Gasteiger charge is 2.27. The summed E-state index contributed by atoms with van der Waals surface area (Å²) in [6, 6.07) is 8.25. The van der Waals surface area contributed by atoms with E-state index < -0.39 is 4.92 Å². The van der Waals surface area contributed by atoms with E-state index in [4.69, 9.17) is 21.1 Å².